The number of hydrogen-bond acceptors (Lipinski definition) is 8. The first kappa shape index (κ1) is 18.5. The molecule has 1 aliphatic heterocycles. The Morgan fingerprint density at radius 2 is 2.07 bits per heavy atom. The molecule has 1 amide bonds. The van der Waals surface area contributed by atoms with Gasteiger partial charge in [-0.1, -0.05) is 12.1 Å². The second kappa shape index (κ2) is 8.42. The Kier molecular flexibility index (Phi) is 5.78. The molecule has 3 rings (SSSR count). The Balaban J connectivity index is 1.94. The smallest absolute Gasteiger partial charge is 0.241 e. The maximum atomic E-state index is 11.9. The lowest BCUT2D eigenvalue weighted by Gasteiger charge is -2.27. The number of hydrogen-bond donors (Lipinski definition) is 1. The van der Waals surface area contributed by atoms with Gasteiger partial charge >= 0.3 is 0 Å². The molecular weight excluding hydrogens is 346 g/mol. The van der Waals surface area contributed by atoms with Crippen LogP contribution in [0.3, 0.4) is 0 Å². The van der Waals surface area contributed by atoms with Crippen LogP contribution in [0.5, 0.6) is 0 Å². The number of nitrogens with one attached hydrogen (secondary N) is 1. The Morgan fingerprint density at radius 1 is 1.30 bits per heavy atom. The minimum absolute atomic E-state index is 0.0806. The molecule has 1 aliphatic rings. The van der Waals surface area contributed by atoms with Crippen molar-refractivity contribution in [3.8, 4) is 17.5 Å². The van der Waals surface area contributed by atoms with Crippen molar-refractivity contribution >= 4 is 17.8 Å². The number of rotatable bonds is 5. The number of likely N-dealkylation sites (N-methyl/N-ethyl adjacent to an activating group) is 1. The quantitative estimate of drug-likeness (QED) is 0.825. The highest BCUT2D eigenvalue weighted by atomic mass is 16.5. The first-order valence-electron chi connectivity index (χ1n) is 8.60. The molecule has 1 saturated heterocycles. The van der Waals surface area contributed by atoms with E-state index in [0.717, 1.165) is 0 Å². The van der Waals surface area contributed by atoms with E-state index in [4.69, 9.17) is 10.00 Å². The van der Waals surface area contributed by atoms with Gasteiger partial charge in [-0.3, -0.25) is 4.79 Å². The van der Waals surface area contributed by atoms with E-state index in [1.807, 2.05) is 11.0 Å². The molecule has 0 spiro atoms. The second-order valence-electron chi connectivity index (χ2n) is 6.22. The number of ether oxygens (including phenoxy) is 1. The fourth-order valence-corrected chi connectivity index (χ4v) is 2.52. The lowest BCUT2D eigenvalue weighted by Crippen LogP contribution is -2.37. The SMILES string of the molecule is CN(C)C(=O)CNc1nc(-c2cccc(C#N)c2)nc(N2CCOCC2)n1. The molecule has 0 aliphatic carbocycles. The summed E-state index contributed by atoms with van der Waals surface area (Å²) in [6, 6.07) is 9.20. The number of aromatic nitrogens is 3. The largest absolute Gasteiger partial charge is 0.378 e. The van der Waals surface area contributed by atoms with E-state index in [2.05, 4.69) is 26.3 Å². The number of carbonyl (C=O) groups excluding carboxylic acids is 1. The fourth-order valence-electron chi connectivity index (χ4n) is 2.52. The van der Waals surface area contributed by atoms with Gasteiger partial charge in [0.2, 0.25) is 17.8 Å². The summed E-state index contributed by atoms with van der Waals surface area (Å²) in [6.07, 6.45) is 0. The zero-order valence-electron chi connectivity index (χ0n) is 15.3. The monoisotopic (exact) mass is 367 g/mol. The molecule has 1 aromatic carbocycles. The van der Waals surface area contributed by atoms with Crippen molar-refractivity contribution in [1.82, 2.24) is 19.9 Å². The first-order valence-corrected chi connectivity index (χ1v) is 8.60. The second-order valence-corrected chi connectivity index (χ2v) is 6.22. The van der Waals surface area contributed by atoms with E-state index in [1.165, 1.54) is 4.90 Å². The molecule has 1 N–H and O–H groups in total. The van der Waals surface area contributed by atoms with Gasteiger partial charge in [-0.25, -0.2) is 0 Å². The predicted octanol–water partition coefficient (Wildman–Crippen LogP) is 0.747. The van der Waals surface area contributed by atoms with Crippen LogP contribution in [0.25, 0.3) is 11.4 Å². The van der Waals surface area contributed by atoms with Crippen LogP contribution >= 0.6 is 0 Å². The van der Waals surface area contributed by atoms with Crippen LogP contribution in [0, 0.1) is 11.3 Å². The average Bonchev–Trinajstić information content (AvgIpc) is 2.72. The minimum Gasteiger partial charge on any atom is -0.378 e. The minimum atomic E-state index is -0.0867. The highest BCUT2D eigenvalue weighted by Gasteiger charge is 2.18. The molecule has 1 fully saturated rings. The lowest BCUT2D eigenvalue weighted by atomic mass is 10.1. The van der Waals surface area contributed by atoms with Crippen molar-refractivity contribution in [3.63, 3.8) is 0 Å². The Bertz CT molecular complexity index is 857. The van der Waals surface area contributed by atoms with Crippen LogP contribution < -0.4 is 10.2 Å². The molecule has 140 valence electrons. The average molecular weight is 367 g/mol. The Labute approximate surface area is 157 Å². The van der Waals surface area contributed by atoms with Crippen molar-refractivity contribution < 1.29 is 9.53 Å². The van der Waals surface area contributed by atoms with E-state index in [9.17, 15) is 4.79 Å². The molecule has 27 heavy (non-hydrogen) atoms. The van der Waals surface area contributed by atoms with Crippen LogP contribution in [0.4, 0.5) is 11.9 Å². The first-order chi connectivity index (χ1) is 13.1. The van der Waals surface area contributed by atoms with E-state index in [-0.39, 0.29) is 12.5 Å². The standard InChI is InChI=1S/C18H21N7O2/c1-24(2)15(26)12-20-17-21-16(14-5-3-4-13(10-14)11-19)22-18(23-17)25-6-8-27-9-7-25/h3-5,10H,6-9,12H2,1-2H3,(H,20,21,22,23). The van der Waals surface area contributed by atoms with Crippen LogP contribution in [0.2, 0.25) is 0 Å². The van der Waals surface area contributed by atoms with Gasteiger partial charge in [0.25, 0.3) is 0 Å². The molecule has 0 unspecified atom stereocenters. The van der Waals surface area contributed by atoms with Crippen LogP contribution in [-0.2, 0) is 9.53 Å². The molecular formula is C18H21N7O2. The summed E-state index contributed by atoms with van der Waals surface area (Å²) >= 11 is 0. The van der Waals surface area contributed by atoms with Gasteiger partial charge in [-0.15, -0.1) is 0 Å². The van der Waals surface area contributed by atoms with Crippen LogP contribution in [0.15, 0.2) is 24.3 Å². The van der Waals surface area contributed by atoms with E-state index >= 15 is 0 Å². The number of nitriles is 1. The molecule has 2 aromatic rings. The molecule has 0 radical (unpaired) electrons. The number of anilines is 2. The van der Waals surface area contributed by atoms with Gasteiger partial charge in [-0.05, 0) is 12.1 Å². The van der Waals surface area contributed by atoms with Gasteiger partial charge in [0.05, 0.1) is 31.4 Å². The van der Waals surface area contributed by atoms with Gasteiger partial charge < -0.3 is 19.9 Å². The molecule has 0 bridgehead atoms. The zero-order chi connectivity index (χ0) is 19.2. The summed E-state index contributed by atoms with van der Waals surface area (Å²) in [5, 5.41) is 12.1. The molecule has 9 nitrogen and oxygen atoms in total. The third kappa shape index (κ3) is 4.68. The summed E-state index contributed by atoms with van der Waals surface area (Å²) in [4.78, 5) is 28.8. The van der Waals surface area contributed by atoms with Crippen molar-refractivity contribution in [1.29, 1.82) is 5.26 Å². The highest BCUT2D eigenvalue weighted by Crippen LogP contribution is 2.21. The lowest BCUT2D eigenvalue weighted by molar-refractivity contribution is -0.126. The van der Waals surface area contributed by atoms with Gasteiger partial charge in [0.15, 0.2) is 5.82 Å². The number of carbonyl (C=O) groups is 1. The number of nitrogens with zero attached hydrogens (tertiary/aromatic N) is 6. The van der Waals surface area contributed by atoms with Crippen molar-refractivity contribution in [2.45, 2.75) is 0 Å². The van der Waals surface area contributed by atoms with Crippen molar-refractivity contribution in [2.75, 3.05) is 57.2 Å². The summed E-state index contributed by atoms with van der Waals surface area (Å²) < 4.78 is 5.39. The van der Waals surface area contributed by atoms with Crippen LogP contribution in [0.1, 0.15) is 5.56 Å². The summed E-state index contributed by atoms with van der Waals surface area (Å²) in [5.41, 5.74) is 1.24. The Hall–Kier alpha value is -3.25. The molecule has 1 aromatic heterocycles. The number of amides is 1. The van der Waals surface area contributed by atoms with E-state index in [1.54, 1.807) is 32.3 Å². The number of morpholine rings is 1. The topological polar surface area (TPSA) is 107 Å². The van der Waals surface area contributed by atoms with Crippen LogP contribution in [-0.4, -0.2) is 72.7 Å². The van der Waals surface area contributed by atoms with Gasteiger partial charge in [0, 0.05) is 32.7 Å². The normalized spacial score (nSPS) is 13.7. The predicted molar refractivity (Wildman–Crippen MR) is 100 cm³/mol. The summed E-state index contributed by atoms with van der Waals surface area (Å²) in [5.74, 6) is 1.20. The van der Waals surface area contributed by atoms with Gasteiger partial charge in [-0.2, -0.15) is 20.2 Å². The molecule has 9 heteroatoms. The summed E-state index contributed by atoms with van der Waals surface area (Å²) in [7, 11) is 3.38. The fraction of sp³-hybridized carbons (Fsp3) is 0.389. The summed E-state index contributed by atoms with van der Waals surface area (Å²) in [6.45, 7) is 2.65. The van der Waals surface area contributed by atoms with E-state index < -0.39 is 0 Å². The molecule has 0 saturated carbocycles. The van der Waals surface area contributed by atoms with Gasteiger partial charge in [0.1, 0.15) is 0 Å². The number of benzene rings is 1. The maximum absolute atomic E-state index is 11.9. The van der Waals surface area contributed by atoms with E-state index in [0.29, 0.717) is 55.2 Å². The van der Waals surface area contributed by atoms with Crippen molar-refractivity contribution in [2.24, 2.45) is 0 Å². The third-order valence-electron chi connectivity index (χ3n) is 4.06. The third-order valence-corrected chi connectivity index (χ3v) is 4.06. The zero-order valence-corrected chi connectivity index (χ0v) is 15.3. The molecule has 0 atom stereocenters. The van der Waals surface area contributed by atoms with Crippen molar-refractivity contribution in [3.05, 3.63) is 29.8 Å². The Morgan fingerprint density at radius 3 is 2.78 bits per heavy atom. The highest BCUT2D eigenvalue weighted by molar-refractivity contribution is 5.79. The maximum Gasteiger partial charge on any atom is 0.241 e. The molecule has 2 heterocycles.